The number of pyridine rings is 1. The van der Waals surface area contributed by atoms with Crippen molar-refractivity contribution >= 4 is 23.5 Å². The average Bonchev–Trinajstić information content (AvgIpc) is 3.18. The van der Waals surface area contributed by atoms with Crippen molar-refractivity contribution in [1.82, 2.24) is 9.88 Å². The van der Waals surface area contributed by atoms with Gasteiger partial charge < -0.3 is 19.9 Å². The lowest BCUT2D eigenvalue weighted by atomic mass is 10.1. The number of likely N-dealkylation sites (tertiary alicyclic amines) is 1. The summed E-state index contributed by atoms with van der Waals surface area (Å²) in [5.74, 6) is 0.690. The van der Waals surface area contributed by atoms with E-state index in [-0.39, 0.29) is 18.0 Å². The molecule has 0 unspecified atom stereocenters. The summed E-state index contributed by atoms with van der Waals surface area (Å²) >= 11 is 0. The van der Waals surface area contributed by atoms with Crippen molar-refractivity contribution in [2.75, 3.05) is 36.5 Å². The van der Waals surface area contributed by atoms with E-state index in [9.17, 15) is 9.59 Å². The summed E-state index contributed by atoms with van der Waals surface area (Å²) in [6.07, 6.45) is 3.95. The van der Waals surface area contributed by atoms with Gasteiger partial charge in [-0.05, 0) is 49.9 Å². The number of piperidine rings is 1. The molecule has 3 heterocycles. The molecule has 2 aliphatic heterocycles. The van der Waals surface area contributed by atoms with Gasteiger partial charge in [0.15, 0.2) is 0 Å². The first kappa shape index (κ1) is 19.2. The second kappa shape index (κ2) is 8.51. The molecule has 1 aromatic heterocycles. The number of nitrogens with zero attached hydrogens (tertiary/aromatic N) is 3. The van der Waals surface area contributed by atoms with Crippen LogP contribution in [0, 0.1) is 0 Å². The summed E-state index contributed by atoms with van der Waals surface area (Å²) < 4.78 is 5.06. The average molecular weight is 394 g/mol. The molecule has 0 saturated carbocycles. The maximum absolute atomic E-state index is 13.0. The maximum atomic E-state index is 13.0. The first-order chi connectivity index (χ1) is 14.2. The molecule has 2 amide bonds. The molecule has 0 aliphatic carbocycles. The van der Waals surface area contributed by atoms with Gasteiger partial charge in [-0.3, -0.25) is 4.79 Å². The van der Waals surface area contributed by atoms with Gasteiger partial charge in [-0.1, -0.05) is 18.2 Å². The summed E-state index contributed by atoms with van der Waals surface area (Å²) in [5.41, 5.74) is 2.83. The number of benzene rings is 1. The number of hydrogen-bond donors (Lipinski definition) is 1. The van der Waals surface area contributed by atoms with Crippen molar-refractivity contribution in [2.45, 2.75) is 32.2 Å². The summed E-state index contributed by atoms with van der Waals surface area (Å²) in [6, 6.07) is 11.8. The van der Waals surface area contributed by atoms with Gasteiger partial charge in [0.25, 0.3) is 5.91 Å². The molecule has 4 rings (SSSR count). The lowest BCUT2D eigenvalue weighted by Gasteiger charge is -2.31. The highest BCUT2D eigenvalue weighted by molar-refractivity contribution is 6.07. The number of carbonyl (C=O) groups excluding carboxylic acids is 2. The third kappa shape index (κ3) is 4.18. The van der Waals surface area contributed by atoms with Gasteiger partial charge in [-0.25, -0.2) is 9.78 Å². The van der Waals surface area contributed by atoms with E-state index in [4.69, 9.17) is 4.74 Å². The minimum absolute atomic E-state index is 0.00229. The Morgan fingerprint density at radius 3 is 2.76 bits per heavy atom. The van der Waals surface area contributed by atoms with Crippen molar-refractivity contribution in [1.29, 1.82) is 0 Å². The summed E-state index contributed by atoms with van der Waals surface area (Å²) in [4.78, 5) is 32.8. The lowest BCUT2D eigenvalue weighted by molar-refractivity contribution is 0.0976. The lowest BCUT2D eigenvalue weighted by Crippen LogP contribution is -2.42. The Morgan fingerprint density at radius 1 is 1.17 bits per heavy atom. The molecule has 0 radical (unpaired) electrons. The summed E-state index contributed by atoms with van der Waals surface area (Å²) in [6.45, 7) is 4.21. The molecule has 0 atom stereocenters. The number of para-hydroxylation sites is 1. The number of rotatable bonds is 4. The molecule has 29 heavy (non-hydrogen) atoms. The van der Waals surface area contributed by atoms with Gasteiger partial charge in [-0.15, -0.1) is 0 Å². The van der Waals surface area contributed by atoms with Crippen LogP contribution in [0.15, 0.2) is 42.6 Å². The van der Waals surface area contributed by atoms with Crippen LogP contribution in [0.4, 0.5) is 16.3 Å². The van der Waals surface area contributed by atoms with E-state index in [1.807, 2.05) is 36.1 Å². The highest BCUT2D eigenvalue weighted by Crippen LogP contribution is 2.29. The summed E-state index contributed by atoms with van der Waals surface area (Å²) in [7, 11) is 0. The molecule has 7 nitrogen and oxygen atoms in total. The van der Waals surface area contributed by atoms with Crippen molar-refractivity contribution in [2.24, 2.45) is 0 Å². The number of hydrogen-bond acceptors (Lipinski definition) is 5. The van der Waals surface area contributed by atoms with Gasteiger partial charge in [0, 0.05) is 43.1 Å². The van der Waals surface area contributed by atoms with Gasteiger partial charge in [0.2, 0.25) is 0 Å². The van der Waals surface area contributed by atoms with Crippen LogP contribution in [0.25, 0.3) is 0 Å². The quantitative estimate of drug-likeness (QED) is 0.861. The van der Waals surface area contributed by atoms with Crippen molar-refractivity contribution in [3.63, 3.8) is 0 Å². The molecular formula is C22H26N4O3. The molecule has 152 valence electrons. The molecule has 1 fully saturated rings. The maximum Gasteiger partial charge on any atom is 0.409 e. The van der Waals surface area contributed by atoms with E-state index in [1.54, 1.807) is 17.2 Å². The standard InChI is InChI=1S/C22H26N4O3/c1-2-29-22(28)25-12-9-18(10-13-25)24-20-15-17(7-11-23-20)21(27)26-14-8-16-5-3-4-6-19(16)26/h3-7,11,15,18H,2,8-10,12-14H2,1H3,(H,23,24). The Kier molecular flexibility index (Phi) is 5.64. The zero-order chi connectivity index (χ0) is 20.2. The Bertz CT molecular complexity index is 893. The van der Waals surface area contributed by atoms with Gasteiger partial charge in [-0.2, -0.15) is 0 Å². The SMILES string of the molecule is CCOC(=O)N1CCC(Nc2cc(C(=O)N3CCc4ccccc43)ccn2)CC1. The molecule has 2 aromatic rings. The number of aromatic nitrogens is 1. The van der Waals surface area contributed by atoms with Crippen LogP contribution in [0.2, 0.25) is 0 Å². The Labute approximate surface area is 170 Å². The molecule has 0 spiro atoms. The molecule has 2 aliphatic rings. The van der Waals surface area contributed by atoms with Crippen LogP contribution in [0.1, 0.15) is 35.7 Å². The highest BCUT2D eigenvalue weighted by Gasteiger charge is 2.26. The third-order valence-electron chi connectivity index (χ3n) is 5.51. The predicted molar refractivity (Wildman–Crippen MR) is 111 cm³/mol. The van der Waals surface area contributed by atoms with E-state index in [0.29, 0.717) is 37.6 Å². The Morgan fingerprint density at radius 2 is 1.97 bits per heavy atom. The number of amides is 2. The number of nitrogens with one attached hydrogen (secondary N) is 1. The smallest absolute Gasteiger partial charge is 0.409 e. The molecule has 1 saturated heterocycles. The van der Waals surface area contributed by atoms with Gasteiger partial charge >= 0.3 is 6.09 Å². The third-order valence-corrected chi connectivity index (χ3v) is 5.51. The van der Waals surface area contributed by atoms with E-state index in [1.165, 1.54) is 5.56 Å². The zero-order valence-corrected chi connectivity index (χ0v) is 16.6. The fraction of sp³-hybridized carbons (Fsp3) is 0.409. The molecule has 1 N–H and O–H groups in total. The second-order valence-corrected chi connectivity index (χ2v) is 7.37. The van der Waals surface area contributed by atoms with Crippen molar-refractivity contribution in [3.05, 3.63) is 53.7 Å². The van der Waals surface area contributed by atoms with E-state index >= 15 is 0 Å². The minimum Gasteiger partial charge on any atom is -0.450 e. The molecule has 7 heteroatoms. The van der Waals surface area contributed by atoms with Crippen LogP contribution >= 0.6 is 0 Å². The number of anilines is 2. The van der Waals surface area contributed by atoms with Crippen LogP contribution in [-0.2, 0) is 11.2 Å². The number of fused-ring (bicyclic) bond motifs is 1. The van der Waals surface area contributed by atoms with E-state index in [2.05, 4.69) is 16.4 Å². The van der Waals surface area contributed by atoms with Crippen molar-refractivity contribution in [3.8, 4) is 0 Å². The monoisotopic (exact) mass is 394 g/mol. The zero-order valence-electron chi connectivity index (χ0n) is 16.6. The van der Waals surface area contributed by atoms with Crippen molar-refractivity contribution < 1.29 is 14.3 Å². The molecule has 1 aromatic carbocycles. The van der Waals surface area contributed by atoms with Gasteiger partial charge in [0.1, 0.15) is 5.82 Å². The van der Waals surface area contributed by atoms with Crippen LogP contribution in [0.5, 0.6) is 0 Å². The summed E-state index contributed by atoms with van der Waals surface area (Å²) in [5, 5.41) is 3.42. The topological polar surface area (TPSA) is 74.8 Å². The normalized spacial score (nSPS) is 16.4. The van der Waals surface area contributed by atoms with Crippen LogP contribution in [-0.4, -0.2) is 54.2 Å². The predicted octanol–water partition coefficient (Wildman–Crippen LogP) is 3.32. The fourth-order valence-electron chi connectivity index (χ4n) is 3.98. The number of carbonyl (C=O) groups is 2. The highest BCUT2D eigenvalue weighted by atomic mass is 16.6. The number of ether oxygens (including phenoxy) is 1. The second-order valence-electron chi connectivity index (χ2n) is 7.37. The van der Waals surface area contributed by atoms with Gasteiger partial charge in [0.05, 0.1) is 6.61 Å². The van der Waals surface area contributed by atoms with E-state index in [0.717, 1.165) is 24.9 Å². The minimum atomic E-state index is -0.248. The van der Waals surface area contributed by atoms with Crippen LogP contribution < -0.4 is 10.2 Å². The first-order valence-electron chi connectivity index (χ1n) is 10.2. The Balaban J connectivity index is 1.39. The molecular weight excluding hydrogens is 368 g/mol. The largest absolute Gasteiger partial charge is 0.450 e. The Hall–Kier alpha value is -3.09. The van der Waals surface area contributed by atoms with Crippen LogP contribution in [0.3, 0.4) is 0 Å². The van der Waals surface area contributed by atoms with E-state index < -0.39 is 0 Å². The fourth-order valence-corrected chi connectivity index (χ4v) is 3.98. The first-order valence-corrected chi connectivity index (χ1v) is 10.2. The molecule has 0 bridgehead atoms.